The molecule has 1 aromatic heterocycles. The number of fused-ring (bicyclic) bond motifs is 1. The van der Waals surface area contributed by atoms with E-state index in [4.69, 9.17) is 4.98 Å². The van der Waals surface area contributed by atoms with E-state index in [-0.39, 0.29) is 0 Å². The molecular weight excluding hydrogens is 252 g/mol. The molecule has 1 aromatic carbocycles. The van der Waals surface area contributed by atoms with Crippen LogP contribution in [0.15, 0.2) is 29.3 Å². The minimum atomic E-state index is 0.717. The van der Waals surface area contributed by atoms with Crippen LogP contribution in [0, 0.1) is 13.8 Å². The Morgan fingerprint density at radius 1 is 1.16 bits per heavy atom. The van der Waals surface area contributed by atoms with Crippen LogP contribution in [0.5, 0.6) is 0 Å². The van der Waals surface area contributed by atoms with Gasteiger partial charge in [-0.15, -0.1) is 11.8 Å². The topological polar surface area (TPSA) is 24.9 Å². The van der Waals surface area contributed by atoms with Crippen molar-refractivity contribution in [2.24, 2.45) is 0 Å². The second-order valence-corrected chi connectivity index (χ2v) is 6.64. The fourth-order valence-electron chi connectivity index (χ4n) is 2.68. The molecule has 0 saturated carbocycles. The number of benzene rings is 1. The number of aromatic nitrogens is 1. The number of aryl methyl sites for hydroxylation is 2. The highest BCUT2D eigenvalue weighted by Gasteiger charge is 2.15. The normalized spacial score (nSPS) is 16.9. The maximum Gasteiger partial charge on any atom is 0.0973 e. The van der Waals surface area contributed by atoms with E-state index in [0.29, 0.717) is 0 Å². The maximum absolute atomic E-state index is 4.87. The fraction of sp³-hybridized carbons (Fsp3) is 0.438. The molecule has 0 bridgehead atoms. The van der Waals surface area contributed by atoms with E-state index in [2.05, 4.69) is 43.4 Å². The van der Waals surface area contributed by atoms with Crippen LogP contribution in [0.1, 0.15) is 24.0 Å². The summed E-state index contributed by atoms with van der Waals surface area (Å²) in [6.45, 7) is 6.62. The first-order chi connectivity index (χ1) is 9.24. The number of para-hydroxylation sites is 1. The van der Waals surface area contributed by atoms with Crippen molar-refractivity contribution < 1.29 is 0 Å². The Kier molecular flexibility index (Phi) is 3.76. The Morgan fingerprint density at radius 2 is 1.95 bits per heavy atom. The molecule has 3 rings (SSSR count). The molecule has 1 aliphatic heterocycles. The van der Waals surface area contributed by atoms with Crippen molar-refractivity contribution in [3.8, 4) is 0 Å². The molecule has 2 aromatic rings. The molecule has 0 amide bonds. The smallest absolute Gasteiger partial charge is 0.0973 e. The van der Waals surface area contributed by atoms with Crippen molar-refractivity contribution in [2.75, 3.05) is 13.1 Å². The van der Waals surface area contributed by atoms with Crippen LogP contribution < -0.4 is 5.32 Å². The number of rotatable bonds is 2. The summed E-state index contributed by atoms with van der Waals surface area (Å²) in [5, 5.41) is 6.61. The molecule has 0 radical (unpaired) electrons. The highest BCUT2D eigenvalue weighted by molar-refractivity contribution is 7.99. The molecule has 19 heavy (non-hydrogen) atoms. The molecule has 1 aliphatic rings. The third-order valence-electron chi connectivity index (χ3n) is 3.80. The van der Waals surface area contributed by atoms with Crippen molar-refractivity contribution >= 4 is 22.7 Å². The van der Waals surface area contributed by atoms with Gasteiger partial charge in [-0.2, -0.15) is 0 Å². The number of hydrogen-bond acceptors (Lipinski definition) is 3. The van der Waals surface area contributed by atoms with E-state index in [0.717, 1.165) is 18.3 Å². The average molecular weight is 272 g/mol. The second kappa shape index (κ2) is 5.51. The lowest BCUT2D eigenvalue weighted by Gasteiger charge is -2.22. The standard InChI is InChI=1S/C16H20N2S/c1-11-4-3-5-14-12(2)10-15(18-16(11)14)19-13-6-8-17-9-7-13/h3-5,10,13,17H,6-9H2,1-2H3. The Morgan fingerprint density at radius 3 is 2.74 bits per heavy atom. The monoisotopic (exact) mass is 272 g/mol. The zero-order valence-electron chi connectivity index (χ0n) is 11.6. The number of thioether (sulfide) groups is 1. The largest absolute Gasteiger partial charge is 0.317 e. The van der Waals surface area contributed by atoms with Crippen LogP contribution in [0.3, 0.4) is 0 Å². The summed E-state index contributed by atoms with van der Waals surface area (Å²) >= 11 is 1.95. The van der Waals surface area contributed by atoms with Crippen molar-refractivity contribution in [1.29, 1.82) is 0 Å². The Labute approximate surface area is 119 Å². The highest BCUT2D eigenvalue weighted by Crippen LogP contribution is 2.31. The van der Waals surface area contributed by atoms with Gasteiger partial charge in [-0.05, 0) is 57.0 Å². The molecule has 100 valence electrons. The van der Waals surface area contributed by atoms with E-state index in [9.17, 15) is 0 Å². The highest BCUT2D eigenvalue weighted by atomic mass is 32.2. The fourth-order valence-corrected chi connectivity index (χ4v) is 3.88. The third-order valence-corrected chi connectivity index (χ3v) is 5.05. The van der Waals surface area contributed by atoms with Crippen LogP contribution in [0.25, 0.3) is 10.9 Å². The van der Waals surface area contributed by atoms with E-state index < -0.39 is 0 Å². The zero-order chi connectivity index (χ0) is 13.2. The summed E-state index contributed by atoms with van der Waals surface area (Å²) < 4.78 is 0. The SMILES string of the molecule is Cc1cc(SC2CCNCC2)nc2c(C)cccc12. The molecule has 2 nitrogen and oxygen atoms in total. The summed E-state index contributed by atoms with van der Waals surface area (Å²) in [5.41, 5.74) is 3.78. The van der Waals surface area contributed by atoms with E-state index in [1.54, 1.807) is 0 Å². The first-order valence-corrected chi connectivity index (χ1v) is 7.86. The summed E-state index contributed by atoms with van der Waals surface area (Å²) in [6, 6.07) is 8.68. The Bertz CT molecular complexity index is 589. The van der Waals surface area contributed by atoms with Gasteiger partial charge < -0.3 is 5.32 Å². The van der Waals surface area contributed by atoms with Gasteiger partial charge in [0.05, 0.1) is 10.5 Å². The van der Waals surface area contributed by atoms with Crippen LogP contribution in [0.4, 0.5) is 0 Å². The van der Waals surface area contributed by atoms with Gasteiger partial charge in [0, 0.05) is 10.6 Å². The molecule has 0 aliphatic carbocycles. The summed E-state index contributed by atoms with van der Waals surface area (Å²) in [4.78, 5) is 4.87. The van der Waals surface area contributed by atoms with Crippen molar-refractivity contribution in [1.82, 2.24) is 10.3 Å². The molecule has 2 heterocycles. The van der Waals surface area contributed by atoms with Crippen LogP contribution in [-0.2, 0) is 0 Å². The quantitative estimate of drug-likeness (QED) is 0.902. The number of pyridine rings is 1. The number of nitrogens with zero attached hydrogens (tertiary/aromatic N) is 1. The minimum Gasteiger partial charge on any atom is -0.317 e. The van der Waals surface area contributed by atoms with Crippen molar-refractivity contribution in [3.63, 3.8) is 0 Å². The first-order valence-electron chi connectivity index (χ1n) is 6.98. The lowest BCUT2D eigenvalue weighted by atomic mass is 10.1. The molecule has 3 heteroatoms. The van der Waals surface area contributed by atoms with E-state index in [1.807, 2.05) is 11.8 Å². The lowest BCUT2D eigenvalue weighted by molar-refractivity contribution is 0.531. The predicted molar refractivity (Wildman–Crippen MR) is 83.0 cm³/mol. The number of hydrogen-bond donors (Lipinski definition) is 1. The van der Waals surface area contributed by atoms with Gasteiger partial charge in [0.15, 0.2) is 0 Å². The molecule has 0 spiro atoms. The van der Waals surface area contributed by atoms with E-state index in [1.165, 1.54) is 39.9 Å². The summed E-state index contributed by atoms with van der Waals surface area (Å²) in [6.07, 6.45) is 2.49. The van der Waals surface area contributed by atoms with Crippen LogP contribution >= 0.6 is 11.8 Å². The molecular formula is C16H20N2S. The summed E-state index contributed by atoms with van der Waals surface area (Å²) in [5.74, 6) is 0. The minimum absolute atomic E-state index is 0.717. The van der Waals surface area contributed by atoms with Gasteiger partial charge in [-0.25, -0.2) is 4.98 Å². The zero-order valence-corrected chi connectivity index (χ0v) is 12.4. The van der Waals surface area contributed by atoms with Gasteiger partial charge >= 0.3 is 0 Å². The second-order valence-electron chi connectivity index (χ2n) is 5.32. The number of nitrogens with one attached hydrogen (secondary N) is 1. The average Bonchev–Trinajstić information content (AvgIpc) is 2.41. The lowest BCUT2D eigenvalue weighted by Crippen LogP contribution is -2.29. The van der Waals surface area contributed by atoms with Gasteiger partial charge in [0.2, 0.25) is 0 Å². The predicted octanol–water partition coefficient (Wildman–Crippen LogP) is 3.70. The molecule has 1 saturated heterocycles. The van der Waals surface area contributed by atoms with E-state index >= 15 is 0 Å². The molecule has 0 unspecified atom stereocenters. The number of piperidine rings is 1. The third kappa shape index (κ3) is 2.77. The molecule has 1 N–H and O–H groups in total. The van der Waals surface area contributed by atoms with Crippen LogP contribution in [-0.4, -0.2) is 23.3 Å². The van der Waals surface area contributed by atoms with Crippen molar-refractivity contribution in [2.45, 2.75) is 37.0 Å². The maximum atomic E-state index is 4.87. The molecule has 1 fully saturated rings. The van der Waals surface area contributed by atoms with Gasteiger partial charge in [-0.1, -0.05) is 18.2 Å². The van der Waals surface area contributed by atoms with Gasteiger partial charge in [-0.3, -0.25) is 0 Å². The van der Waals surface area contributed by atoms with Crippen LogP contribution in [0.2, 0.25) is 0 Å². The Hall–Kier alpha value is -1.06. The van der Waals surface area contributed by atoms with Gasteiger partial charge in [0.1, 0.15) is 0 Å². The summed E-state index contributed by atoms with van der Waals surface area (Å²) in [7, 11) is 0. The first kappa shape index (κ1) is 12.9. The Balaban J connectivity index is 1.93. The van der Waals surface area contributed by atoms with Gasteiger partial charge in [0.25, 0.3) is 0 Å². The molecule has 0 atom stereocenters. The van der Waals surface area contributed by atoms with Crippen molar-refractivity contribution in [3.05, 3.63) is 35.4 Å².